The molecule has 0 saturated heterocycles. The van der Waals surface area contributed by atoms with E-state index >= 15 is 0 Å². The second kappa shape index (κ2) is 4.83. The van der Waals surface area contributed by atoms with E-state index in [0.717, 1.165) is 12.2 Å². The van der Waals surface area contributed by atoms with Gasteiger partial charge < -0.3 is 5.32 Å². The number of thiazole rings is 2. The lowest BCUT2D eigenvalue weighted by Gasteiger charge is -2.10. The van der Waals surface area contributed by atoms with Crippen LogP contribution in [0.2, 0.25) is 0 Å². The summed E-state index contributed by atoms with van der Waals surface area (Å²) in [6.45, 7) is 5.09. The summed E-state index contributed by atoms with van der Waals surface area (Å²) in [5, 5.41) is 3.47. The first-order valence-electron chi connectivity index (χ1n) is 4.78. The standard InChI is InChI=1S/C10H13N3S2/c1-7(9-3-11-5-14-9)12-4-10-8(2)13-6-15-10/h3,5-7,12H,4H2,1-2H3. The van der Waals surface area contributed by atoms with Crippen LogP contribution in [-0.2, 0) is 6.54 Å². The zero-order chi connectivity index (χ0) is 10.7. The third kappa shape index (κ3) is 2.62. The molecule has 0 amide bonds. The molecule has 3 nitrogen and oxygen atoms in total. The maximum atomic E-state index is 4.23. The van der Waals surface area contributed by atoms with E-state index in [2.05, 4.69) is 22.2 Å². The Morgan fingerprint density at radius 3 is 2.87 bits per heavy atom. The molecule has 0 saturated carbocycles. The monoisotopic (exact) mass is 239 g/mol. The average molecular weight is 239 g/mol. The van der Waals surface area contributed by atoms with Gasteiger partial charge in [0.25, 0.3) is 0 Å². The van der Waals surface area contributed by atoms with Crippen LogP contribution in [0.5, 0.6) is 0 Å². The molecule has 0 aliphatic rings. The Kier molecular flexibility index (Phi) is 3.45. The lowest BCUT2D eigenvalue weighted by Crippen LogP contribution is -2.16. The van der Waals surface area contributed by atoms with E-state index in [-0.39, 0.29) is 0 Å². The molecule has 0 spiro atoms. The Morgan fingerprint density at radius 2 is 2.27 bits per heavy atom. The van der Waals surface area contributed by atoms with Gasteiger partial charge in [-0.05, 0) is 13.8 Å². The van der Waals surface area contributed by atoms with E-state index in [1.807, 2.05) is 24.1 Å². The summed E-state index contributed by atoms with van der Waals surface area (Å²) in [7, 11) is 0. The van der Waals surface area contributed by atoms with Crippen molar-refractivity contribution in [3.8, 4) is 0 Å². The quantitative estimate of drug-likeness (QED) is 0.891. The molecular weight excluding hydrogens is 226 g/mol. The van der Waals surface area contributed by atoms with Gasteiger partial charge >= 0.3 is 0 Å². The smallest absolute Gasteiger partial charge is 0.0798 e. The first-order chi connectivity index (χ1) is 7.27. The van der Waals surface area contributed by atoms with Crippen molar-refractivity contribution in [2.75, 3.05) is 0 Å². The van der Waals surface area contributed by atoms with Crippen LogP contribution in [0.3, 0.4) is 0 Å². The highest BCUT2D eigenvalue weighted by Gasteiger charge is 2.07. The molecule has 0 aliphatic heterocycles. The minimum absolute atomic E-state index is 0.360. The molecule has 0 radical (unpaired) electrons. The van der Waals surface area contributed by atoms with Crippen molar-refractivity contribution < 1.29 is 0 Å². The number of hydrogen-bond donors (Lipinski definition) is 1. The van der Waals surface area contributed by atoms with Crippen LogP contribution in [0, 0.1) is 6.92 Å². The minimum Gasteiger partial charge on any atom is -0.304 e. The average Bonchev–Trinajstić information content (AvgIpc) is 2.85. The normalized spacial score (nSPS) is 12.9. The van der Waals surface area contributed by atoms with Gasteiger partial charge in [0.1, 0.15) is 0 Å². The first-order valence-corrected chi connectivity index (χ1v) is 6.54. The maximum absolute atomic E-state index is 4.23. The van der Waals surface area contributed by atoms with E-state index in [4.69, 9.17) is 0 Å². The van der Waals surface area contributed by atoms with Crippen LogP contribution in [0.1, 0.15) is 28.4 Å². The molecule has 1 atom stereocenters. The van der Waals surface area contributed by atoms with Gasteiger partial charge in [-0.3, -0.25) is 4.98 Å². The zero-order valence-corrected chi connectivity index (χ0v) is 10.4. The van der Waals surface area contributed by atoms with Crippen molar-refractivity contribution in [3.63, 3.8) is 0 Å². The summed E-state index contributed by atoms with van der Waals surface area (Å²) in [4.78, 5) is 10.9. The van der Waals surface area contributed by atoms with Crippen molar-refractivity contribution in [2.45, 2.75) is 26.4 Å². The fourth-order valence-electron chi connectivity index (χ4n) is 1.28. The third-order valence-corrected chi connectivity index (χ3v) is 4.19. The molecule has 1 N–H and O–H groups in total. The van der Waals surface area contributed by atoms with Gasteiger partial charge in [0.2, 0.25) is 0 Å². The highest BCUT2D eigenvalue weighted by Crippen LogP contribution is 2.18. The largest absolute Gasteiger partial charge is 0.304 e. The molecule has 2 rings (SSSR count). The van der Waals surface area contributed by atoms with Crippen LogP contribution in [0.25, 0.3) is 0 Å². The van der Waals surface area contributed by atoms with Crippen molar-refractivity contribution in [2.24, 2.45) is 0 Å². The number of nitrogens with one attached hydrogen (secondary N) is 1. The summed E-state index contributed by atoms with van der Waals surface area (Å²) in [6, 6.07) is 0.360. The van der Waals surface area contributed by atoms with Crippen molar-refractivity contribution in [1.82, 2.24) is 15.3 Å². The van der Waals surface area contributed by atoms with Crippen LogP contribution in [-0.4, -0.2) is 9.97 Å². The predicted octanol–water partition coefficient (Wildman–Crippen LogP) is 2.76. The second-order valence-electron chi connectivity index (χ2n) is 3.37. The summed E-state index contributed by atoms with van der Waals surface area (Å²) in [6.07, 6.45) is 1.92. The number of hydrogen-bond acceptors (Lipinski definition) is 5. The summed E-state index contributed by atoms with van der Waals surface area (Å²) in [5.74, 6) is 0. The predicted molar refractivity (Wildman–Crippen MR) is 64.2 cm³/mol. The molecular formula is C10H13N3S2. The van der Waals surface area contributed by atoms with E-state index in [1.165, 1.54) is 9.75 Å². The van der Waals surface area contributed by atoms with Gasteiger partial charge in [0.15, 0.2) is 0 Å². The Bertz CT molecular complexity index is 408. The first kappa shape index (κ1) is 10.7. The van der Waals surface area contributed by atoms with Gasteiger partial charge in [0.05, 0.1) is 16.7 Å². The van der Waals surface area contributed by atoms with E-state index in [0.29, 0.717) is 6.04 Å². The summed E-state index contributed by atoms with van der Waals surface area (Å²) in [5.41, 5.74) is 4.89. The summed E-state index contributed by atoms with van der Waals surface area (Å²) >= 11 is 3.39. The van der Waals surface area contributed by atoms with Crippen molar-refractivity contribution in [3.05, 3.63) is 32.7 Å². The Morgan fingerprint density at radius 1 is 1.40 bits per heavy atom. The van der Waals surface area contributed by atoms with Gasteiger partial charge in [-0.25, -0.2) is 4.98 Å². The minimum atomic E-state index is 0.360. The van der Waals surface area contributed by atoms with Crippen LogP contribution >= 0.6 is 22.7 Å². The van der Waals surface area contributed by atoms with Gasteiger partial charge in [0, 0.05) is 28.5 Å². The third-order valence-electron chi connectivity index (χ3n) is 2.29. The molecule has 15 heavy (non-hydrogen) atoms. The number of rotatable bonds is 4. The lowest BCUT2D eigenvalue weighted by atomic mass is 10.3. The molecule has 1 unspecified atom stereocenters. The van der Waals surface area contributed by atoms with Crippen molar-refractivity contribution >= 4 is 22.7 Å². The molecule has 0 aromatic carbocycles. The van der Waals surface area contributed by atoms with Crippen molar-refractivity contribution in [1.29, 1.82) is 0 Å². The molecule has 2 heterocycles. The zero-order valence-electron chi connectivity index (χ0n) is 8.73. The number of aryl methyl sites for hydroxylation is 1. The van der Waals surface area contributed by atoms with Crippen LogP contribution in [0.4, 0.5) is 0 Å². The van der Waals surface area contributed by atoms with Gasteiger partial charge in [-0.15, -0.1) is 22.7 Å². The lowest BCUT2D eigenvalue weighted by molar-refractivity contribution is 0.584. The van der Waals surface area contributed by atoms with Crippen LogP contribution < -0.4 is 5.32 Å². The maximum Gasteiger partial charge on any atom is 0.0798 e. The van der Waals surface area contributed by atoms with E-state index in [1.54, 1.807) is 22.7 Å². The molecule has 0 aliphatic carbocycles. The van der Waals surface area contributed by atoms with Gasteiger partial charge in [-0.1, -0.05) is 0 Å². The fourth-order valence-corrected chi connectivity index (χ4v) is 2.66. The highest BCUT2D eigenvalue weighted by molar-refractivity contribution is 7.10. The Labute approximate surface area is 97.2 Å². The Balaban J connectivity index is 1.91. The van der Waals surface area contributed by atoms with Crippen LogP contribution in [0.15, 0.2) is 17.2 Å². The second-order valence-corrected chi connectivity index (χ2v) is 5.22. The van der Waals surface area contributed by atoms with E-state index in [9.17, 15) is 0 Å². The Hall–Kier alpha value is -0.780. The molecule has 0 fully saturated rings. The SMILES string of the molecule is Cc1ncsc1CNC(C)c1cncs1. The molecule has 2 aromatic rings. The fraction of sp³-hybridized carbons (Fsp3) is 0.400. The van der Waals surface area contributed by atoms with E-state index < -0.39 is 0 Å². The van der Waals surface area contributed by atoms with Gasteiger partial charge in [-0.2, -0.15) is 0 Å². The molecule has 80 valence electrons. The highest BCUT2D eigenvalue weighted by atomic mass is 32.1. The summed E-state index contributed by atoms with van der Waals surface area (Å²) < 4.78 is 0. The molecule has 5 heteroatoms. The number of nitrogens with zero attached hydrogens (tertiary/aromatic N) is 2. The topological polar surface area (TPSA) is 37.8 Å². The molecule has 2 aromatic heterocycles. The molecule has 0 bridgehead atoms. The number of aromatic nitrogens is 2.